The lowest BCUT2D eigenvalue weighted by Gasteiger charge is -1.98. The highest BCUT2D eigenvalue weighted by Gasteiger charge is 2.23. The second-order valence-corrected chi connectivity index (χ2v) is 4.55. The van der Waals surface area contributed by atoms with Crippen molar-refractivity contribution in [2.24, 2.45) is 0 Å². The van der Waals surface area contributed by atoms with E-state index in [1.165, 1.54) is 0 Å². The first kappa shape index (κ1) is 11.2. The number of hydrogen-bond donors (Lipinski definition) is 0. The summed E-state index contributed by atoms with van der Waals surface area (Å²) in [6.07, 6.45) is 0. The summed E-state index contributed by atoms with van der Waals surface area (Å²) in [7, 11) is 0. The molecule has 90 valence electrons. The molecule has 0 radical (unpaired) electrons. The molecule has 0 saturated heterocycles. The Balaban J connectivity index is 2.54. The molecule has 3 aromatic rings. The van der Waals surface area contributed by atoms with Gasteiger partial charge in [-0.3, -0.25) is 10.1 Å². The second kappa shape index (κ2) is 3.78. The van der Waals surface area contributed by atoms with E-state index >= 15 is 0 Å². The van der Waals surface area contributed by atoms with Gasteiger partial charge in [-0.25, -0.2) is 0 Å². The standard InChI is InChI=1S/C12H5BrFNO3/c13-11-10-6-3-1-2-4-8(6)18-9(10)5-7(12(11)14)15(16)17/h1-5H. The molecule has 2 aromatic carbocycles. The number of fused-ring (bicyclic) bond motifs is 3. The highest BCUT2D eigenvalue weighted by molar-refractivity contribution is 9.10. The zero-order valence-corrected chi connectivity index (χ0v) is 10.4. The second-order valence-electron chi connectivity index (χ2n) is 3.75. The fourth-order valence-electron chi connectivity index (χ4n) is 1.94. The highest BCUT2D eigenvalue weighted by atomic mass is 79.9. The lowest BCUT2D eigenvalue weighted by Crippen LogP contribution is -1.93. The molecule has 0 aliphatic heterocycles. The maximum atomic E-state index is 13.9. The molecule has 0 atom stereocenters. The van der Waals surface area contributed by atoms with E-state index in [4.69, 9.17) is 4.42 Å². The van der Waals surface area contributed by atoms with Crippen molar-refractivity contribution in [1.29, 1.82) is 0 Å². The molecule has 0 saturated carbocycles. The lowest BCUT2D eigenvalue weighted by molar-refractivity contribution is -0.387. The van der Waals surface area contributed by atoms with Crippen molar-refractivity contribution in [3.63, 3.8) is 0 Å². The van der Waals surface area contributed by atoms with Crippen LogP contribution in [0.5, 0.6) is 0 Å². The van der Waals surface area contributed by atoms with E-state index in [0.717, 1.165) is 6.07 Å². The zero-order chi connectivity index (χ0) is 12.9. The Kier molecular flexibility index (Phi) is 2.34. The van der Waals surface area contributed by atoms with E-state index in [0.29, 0.717) is 16.4 Å². The van der Waals surface area contributed by atoms with Crippen molar-refractivity contribution in [3.8, 4) is 0 Å². The van der Waals surface area contributed by atoms with E-state index in [-0.39, 0.29) is 10.1 Å². The Morgan fingerprint density at radius 3 is 2.72 bits per heavy atom. The molecule has 1 heterocycles. The third-order valence-corrected chi connectivity index (χ3v) is 3.47. The van der Waals surface area contributed by atoms with E-state index in [1.807, 2.05) is 0 Å². The molecule has 0 unspecified atom stereocenters. The van der Waals surface area contributed by atoms with Gasteiger partial charge in [0.15, 0.2) is 0 Å². The molecule has 0 aliphatic rings. The largest absolute Gasteiger partial charge is 0.456 e. The maximum Gasteiger partial charge on any atom is 0.309 e. The van der Waals surface area contributed by atoms with E-state index in [2.05, 4.69) is 15.9 Å². The first-order valence-electron chi connectivity index (χ1n) is 5.03. The average molecular weight is 310 g/mol. The summed E-state index contributed by atoms with van der Waals surface area (Å²) in [4.78, 5) is 9.96. The zero-order valence-electron chi connectivity index (χ0n) is 8.81. The van der Waals surface area contributed by atoms with E-state index in [9.17, 15) is 14.5 Å². The van der Waals surface area contributed by atoms with Gasteiger partial charge in [-0.2, -0.15) is 4.39 Å². The third-order valence-electron chi connectivity index (χ3n) is 2.72. The molecule has 0 aliphatic carbocycles. The summed E-state index contributed by atoms with van der Waals surface area (Å²) < 4.78 is 19.4. The van der Waals surface area contributed by atoms with Crippen molar-refractivity contribution >= 4 is 43.6 Å². The molecule has 1 aromatic heterocycles. The van der Waals surface area contributed by atoms with Gasteiger partial charge in [-0.1, -0.05) is 18.2 Å². The number of para-hydroxylation sites is 1. The number of benzene rings is 2. The van der Waals surface area contributed by atoms with Crippen LogP contribution in [-0.2, 0) is 0 Å². The number of halogens is 2. The third kappa shape index (κ3) is 1.42. The van der Waals surface area contributed by atoms with Gasteiger partial charge in [-0.05, 0) is 22.0 Å². The van der Waals surface area contributed by atoms with Crippen LogP contribution in [0.3, 0.4) is 0 Å². The van der Waals surface area contributed by atoms with Crippen LogP contribution >= 0.6 is 15.9 Å². The Morgan fingerprint density at radius 1 is 1.28 bits per heavy atom. The minimum Gasteiger partial charge on any atom is -0.456 e. The van der Waals surface area contributed by atoms with Crippen LogP contribution in [0.15, 0.2) is 39.2 Å². The average Bonchev–Trinajstić information content (AvgIpc) is 2.71. The van der Waals surface area contributed by atoms with E-state index < -0.39 is 16.4 Å². The summed E-state index contributed by atoms with van der Waals surface area (Å²) in [5, 5.41) is 12.0. The normalized spacial score (nSPS) is 11.2. The van der Waals surface area contributed by atoms with Gasteiger partial charge >= 0.3 is 5.69 Å². The van der Waals surface area contributed by atoms with Gasteiger partial charge in [0.05, 0.1) is 15.5 Å². The van der Waals surface area contributed by atoms with Gasteiger partial charge in [0.2, 0.25) is 5.82 Å². The lowest BCUT2D eigenvalue weighted by atomic mass is 10.1. The summed E-state index contributed by atoms with van der Waals surface area (Å²) in [5.74, 6) is -0.890. The monoisotopic (exact) mass is 309 g/mol. The van der Waals surface area contributed by atoms with Crippen LogP contribution in [0.2, 0.25) is 0 Å². The van der Waals surface area contributed by atoms with E-state index in [1.54, 1.807) is 24.3 Å². The molecule has 0 spiro atoms. The van der Waals surface area contributed by atoms with Crippen molar-refractivity contribution in [2.75, 3.05) is 0 Å². The number of nitro groups is 1. The van der Waals surface area contributed by atoms with Gasteiger partial charge in [0.25, 0.3) is 0 Å². The summed E-state index contributed by atoms with van der Waals surface area (Å²) in [6, 6.07) is 8.19. The van der Waals surface area contributed by atoms with Crippen LogP contribution in [0.25, 0.3) is 21.9 Å². The molecule has 6 heteroatoms. The Bertz CT molecular complexity index is 797. The Morgan fingerprint density at radius 2 is 2.00 bits per heavy atom. The Hall–Kier alpha value is -1.95. The van der Waals surface area contributed by atoms with Gasteiger partial charge in [0, 0.05) is 10.8 Å². The van der Waals surface area contributed by atoms with Crippen molar-refractivity contribution in [1.82, 2.24) is 0 Å². The SMILES string of the molecule is O=[N+]([O-])c1cc2oc3ccccc3c2c(Br)c1F. The predicted octanol–water partition coefficient (Wildman–Crippen LogP) is 4.40. The maximum absolute atomic E-state index is 13.9. The van der Waals surface area contributed by atoms with Gasteiger partial charge < -0.3 is 4.42 Å². The summed E-state index contributed by atoms with van der Waals surface area (Å²) >= 11 is 3.06. The van der Waals surface area contributed by atoms with Crippen LogP contribution in [0.1, 0.15) is 0 Å². The molecule has 0 N–H and O–H groups in total. The number of nitro benzene ring substituents is 1. The molecule has 3 rings (SSSR count). The molecule has 18 heavy (non-hydrogen) atoms. The first-order chi connectivity index (χ1) is 8.59. The van der Waals surface area contributed by atoms with Crippen LogP contribution < -0.4 is 0 Å². The minimum absolute atomic E-state index is 0.0525. The molecular weight excluding hydrogens is 305 g/mol. The van der Waals surface area contributed by atoms with Crippen LogP contribution in [0.4, 0.5) is 10.1 Å². The fraction of sp³-hybridized carbons (Fsp3) is 0. The molecule has 0 bridgehead atoms. The summed E-state index contributed by atoms with van der Waals surface area (Å²) in [6.45, 7) is 0. The molecular formula is C12H5BrFNO3. The number of hydrogen-bond acceptors (Lipinski definition) is 3. The Labute approximate surface area is 108 Å². The van der Waals surface area contributed by atoms with Gasteiger partial charge in [-0.15, -0.1) is 0 Å². The van der Waals surface area contributed by atoms with Crippen LogP contribution in [0, 0.1) is 15.9 Å². The predicted molar refractivity (Wildman–Crippen MR) is 68.0 cm³/mol. The topological polar surface area (TPSA) is 56.3 Å². The number of rotatable bonds is 1. The fourth-order valence-corrected chi connectivity index (χ4v) is 2.55. The highest BCUT2D eigenvalue weighted by Crippen LogP contribution is 2.39. The summed E-state index contributed by atoms with van der Waals surface area (Å²) in [5.41, 5.74) is 0.248. The number of nitrogens with zero attached hydrogens (tertiary/aromatic N) is 1. The molecule has 0 amide bonds. The van der Waals surface area contributed by atoms with Crippen molar-refractivity contribution < 1.29 is 13.7 Å². The minimum atomic E-state index is -0.890. The van der Waals surface area contributed by atoms with Crippen molar-refractivity contribution in [3.05, 3.63) is 50.7 Å². The van der Waals surface area contributed by atoms with Crippen LogP contribution in [-0.4, -0.2) is 4.92 Å². The quantitative estimate of drug-likeness (QED) is 0.494. The first-order valence-corrected chi connectivity index (χ1v) is 5.82. The number of furan rings is 1. The molecule has 4 nitrogen and oxygen atoms in total. The molecule has 0 fully saturated rings. The smallest absolute Gasteiger partial charge is 0.309 e. The van der Waals surface area contributed by atoms with Crippen molar-refractivity contribution in [2.45, 2.75) is 0 Å². The van der Waals surface area contributed by atoms with Gasteiger partial charge in [0.1, 0.15) is 11.2 Å².